The molecule has 35 heavy (non-hydrogen) atoms. The van der Waals surface area contributed by atoms with Gasteiger partial charge in [-0.3, -0.25) is 14.4 Å². The van der Waals surface area contributed by atoms with Gasteiger partial charge >= 0.3 is 12.1 Å². The molecule has 1 aliphatic rings. The summed E-state index contributed by atoms with van der Waals surface area (Å²) in [6, 6.07) is 11.1. The number of carboxylic acid groups (broad SMARTS) is 1. The molecule has 0 aromatic heterocycles. The predicted molar refractivity (Wildman–Crippen MR) is 121 cm³/mol. The Labute approximate surface area is 204 Å². The molecule has 1 aliphatic carbocycles. The van der Waals surface area contributed by atoms with Crippen LogP contribution in [0.4, 0.5) is 13.2 Å². The minimum atomic E-state index is -4.52. The number of hydrogen-bond acceptors (Lipinski definition) is 4. The minimum Gasteiger partial charge on any atom is -0.497 e. The molecule has 7 nitrogen and oxygen atoms in total. The normalized spacial score (nSPS) is 19.4. The molecule has 2 amide bonds. The number of ether oxygens (including phenoxy) is 1. The average Bonchev–Trinajstić information content (AvgIpc) is 2.80. The molecule has 3 rings (SSSR count). The molecular formula is C24H24ClF3N2O5. The van der Waals surface area contributed by atoms with Crippen LogP contribution in [-0.2, 0) is 33.6 Å². The number of aliphatic carboxylic acids is 1. The lowest BCUT2D eigenvalue weighted by atomic mass is 9.66. The zero-order valence-electron chi connectivity index (χ0n) is 18.8. The van der Waals surface area contributed by atoms with Crippen LogP contribution < -0.4 is 10.1 Å². The van der Waals surface area contributed by atoms with Crippen molar-refractivity contribution in [3.8, 4) is 5.75 Å². The lowest BCUT2D eigenvalue weighted by molar-refractivity contribution is -0.166. The van der Waals surface area contributed by atoms with E-state index in [1.165, 1.54) is 24.1 Å². The van der Waals surface area contributed by atoms with Gasteiger partial charge in [-0.1, -0.05) is 24.3 Å². The molecule has 0 atom stereocenters. The number of nitrogens with one attached hydrogen (secondary N) is 1. The SMILES string of the molecule is COc1ccc(CNC(=O)C2(N(Cc3ccc(C(F)(F)F)cc3)C(=O)CCl)CC(C(=O)O)C2)cc1. The molecule has 2 aromatic rings. The Hall–Kier alpha value is -3.27. The zero-order valence-corrected chi connectivity index (χ0v) is 19.5. The maximum atomic E-state index is 13.3. The van der Waals surface area contributed by atoms with Gasteiger partial charge < -0.3 is 20.1 Å². The molecule has 1 fully saturated rings. The first kappa shape index (κ1) is 26.3. The molecule has 0 spiro atoms. The van der Waals surface area contributed by atoms with Crippen molar-refractivity contribution in [1.29, 1.82) is 0 Å². The van der Waals surface area contributed by atoms with Gasteiger partial charge in [-0.2, -0.15) is 13.2 Å². The van der Waals surface area contributed by atoms with Gasteiger partial charge in [0.2, 0.25) is 11.8 Å². The average molecular weight is 513 g/mol. The van der Waals surface area contributed by atoms with E-state index in [1.807, 2.05) is 0 Å². The fourth-order valence-corrected chi connectivity index (χ4v) is 4.23. The van der Waals surface area contributed by atoms with E-state index in [0.29, 0.717) is 11.3 Å². The third-order valence-electron chi connectivity index (χ3n) is 6.11. The van der Waals surface area contributed by atoms with E-state index >= 15 is 0 Å². The molecule has 0 heterocycles. The summed E-state index contributed by atoms with van der Waals surface area (Å²) < 4.78 is 43.8. The Kier molecular flexibility index (Phi) is 7.94. The highest BCUT2D eigenvalue weighted by molar-refractivity contribution is 6.27. The second-order valence-electron chi connectivity index (χ2n) is 8.31. The van der Waals surface area contributed by atoms with Crippen molar-refractivity contribution < 1.29 is 37.4 Å². The summed E-state index contributed by atoms with van der Waals surface area (Å²) in [5.74, 6) is -2.98. The highest BCUT2D eigenvalue weighted by Crippen LogP contribution is 2.44. The van der Waals surface area contributed by atoms with E-state index in [9.17, 15) is 32.7 Å². The van der Waals surface area contributed by atoms with Crippen LogP contribution in [-0.4, -0.2) is 46.3 Å². The van der Waals surface area contributed by atoms with Crippen LogP contribution in [0.1, 0.15) is 29.5 Å². The van der Waals surface area contributed by atoms with E-state index in [2.05, 4.69) is 5.32 Å². The first-order chi connectivity index (χ1) is 16.5. The van der Waals surface area contributed by atoms with Crippen LogP contribution in [0, 0.1) is 5.92 Å². The first-order valence-corrected chi connectivity index (χ1v) is 11.2. The number of methoxy groups -OCH3 is 1. The fourth-order valence-electron chi connectivity index (χ4n) is 4.08. The van der Waals surface area contributed by atoms with E-state index in [-0.39, 0.29) is 25.9 Å². The summed E-state index contributed by atoms with van der Waals surface area (Å²) in [5.41, 5.74) is -1.25. The summed E-state index contributed by atoms with van der Waals surface area (Å²) >= 11 is 5.79. The second-order valence-corrected chi connectivity index (χ2v) is 8.58. The van der Waals surface area contributed by atoms with Crippen LogP contribution >= 0.6 is 11.6 Å². The Morgan fingerprint density at radius 1 is 1.09 bits per heavy atom. The summed E-state index contributed by atoms with van der Waals surface area (Å²) in [5, 5.41) is 12.2. The second kappa shape index (κ2) is 10.6. The third kappa shape index (κ3) is 5.87. The molecule has 11 heteroatoms. The Bertz CT molecular complexity index is 1070. The van der Waals surface area contributed by atoms with Gasteiger partial charge in [0.25, 0.3) is 0 Å². The molecule has 0 saturated heterocycles. The van der Waals surface area contributed by atoms with E-state index in [0.717, 1.165) is 17.7 Å². The summed E-state index contributed by atoms with van der Waals surface area (Å²) in [6.07, 6.45) is -4.80. The highest BCUT2D eigenvalue weighted by Gasteiger charge is 2.57. The van der Waals surface area contributed by atoms with Gasteiger partial charge in [-0.25, -0.2) is 0 Å². The number of alkyl halides is 4. The Morgan fingerprint density at radius 3 is 2.14 bits per heavy atom. The fraction of sp³-hybridized carbons (Fsp3) is 0.375. The molecule has 2 aromatic carbocycles. The van der Waals surface area contributed by atoms with Gasteiger partial charge in [-0.15, -0.1) is 11.6 Å². The van der Waals surface area contributed by atoms with Gasteiger partial charge in [0.15, 0.2) is 0 Å². The lowest BCUT2D eigenvalue weighted by Crippen LogP contribution is -2.67. The topological polar surface area (TPSA) is 95.9 Å². The van der Waals surface area contributed by atoms with Crippen LogP contribution in [0.3, 0.4) is 0 Å². The molecule has 188 valence electrons. The molecule has 0 bridgehead atoms. The number of amides is 2. The van der Waals surface area contributed by atoms with Crippen molar-refractivity contribution in [1.82, 2.24) is 10.2 Å². The first-order valence-electron chi connectivity index (χ1n) is 10.7. The number of carboxylic acids is 1. The number of nitrogens with zero attached hydrogens (tertiary/aromatic N) is 1. The molecule has 2 N–H and O–H groups in total. The Morgan fingerprint density at radius 2 is 1.66 bits per heavy atom. The quantitative estimate of drug-likeness (QED) is 0.498. The number of halogens is 4. The summed E-state index contributed by atoms with van der Waals surface area (Å²) in [6.45, 7) is -0.0858. The predicted octanol–water partition coefficient (Wildman–Crippen LogP) is 3.83. The van der Waals surface area contributed by atoms with Crippen LogP contribution in [0.5, 0.6) is 5.75 Å². The van der Waals surface area contributed by atoms with Crippen LogP contribution in [0.2, 0.25) is 0 Å². The third-order valence-corrected chi connectivity index (χ3v) is 6.33. The van der Waals surface area contributed by atoms with Gasteiger partial charge in [0.1, 0.15) is 17.2 Å². The van der Waals surface area contributed by atoms with Crippen molar-refractivity contribution in [2.45, 2.75) is 37.6 Å². The largest absolute Gasteiger partial charge is 0.497 e. The number of carbonyl (C=O) groups excluding carboxylic acids is 2. The standard InChI is InChI=1S/C24H24ClF3N2O5/c1-35-19-8-4-15(5-9-19)13-29-22(34)23(10-17(11-23)21(32)33)30(20(31)12-25)14-16-2-6-18(7-3-16)24(26,27)28/h2-9,17H,10-14H2,1H3,(H,29,34)(H,32,33). The van der Waals surface area contributed by atoms with E-state index in [4.69, 9.17) is 16.3 Å². The van der Waals surface area contributed by atoms with Crippen LogP contribution in [0.15, 0.2) is 48.5 Å². The molecule has 0 unspecified atom stereocenters. The maximum Gasteiger partial charge on any atom is 0.416 e. The maximum absolute atomic E-state index is 13.3. The van der Waals surface area contributed by atoms with Crippen molar-refractivity contribution >= 4 is 29.4 Å². The Balaban J connectivity index is 1.85. The highest BCUT2D eigenvalue weighted by atomic mass is 35.5. The van der Waals surface area contributed by atoms with Gasteiger partial charge in [-0.05, 0) is 48.2 Å². The number of rotatable bonds is 9. The van der Waals surface area contributed by atoms with Crippen molar-refractivity contribution in [3.63, 3.8) is 0 Å². The zero-order chi connectivity index (χ0) is 25.8. The molecule has 0 aliphatic heterocycles. The van der Waals surface area contributed by atoms with Crippen molar-refractivity contribution in [2.24, 2.45) is 5.92 Å². The minimum absolute atomic E-state index is 0.117. The van der Waals surface area contributed by atoms with E-state index in [1.54, 1.807) is 24.3 Å². The molecule has 1 saturated carbocycles. The smallest absolute Gasteiger partial charge is 0.416 e. The summed E-state index contributed by atoms with van der Waals surface area (Å²) in [4.78, 5) is 38.8. The van der Waals surface area contributed by atoms with Gasteiger partial charge in [0.05, 0.1) is 18.6 Å². The molecular weight excluding hydrogens is 489 g/mol. The lowest BCUT2D eigenvalue weighted by Gasteiger charge is -2.51. The van der Waals surface area contributed by atoms with E-state index < -0.39 is 46.9 Å². The number of benzene rings is 2. The summed E-state index contributed by atoms with van der Waals surface area (Å²) in [7, 11) is 1.52. The van der Waals surface area contributed by atoms with Crippen molar-refractivity contribution in [2.75, 3.05) is 13.0 Å². The van der Waals surface area contributed by atoms with Gasteiger partial charge in [0, 0.05) is 13.1 Å². The number of hydrogen-bond donors (Lipinski definition) is 2. The molecule has 0 radical (unpaired) electrons. The van der Waals surface area contributed by atoms with Crippen LogP contribution in [0.25, 0.3) is 0 Å². The van der Waals surface area contributed by atoms with Crippen molar-refractivity contribution in [3.05, 3.63) is 65.2 Å². The number of carbonyl (C=O) groups is 3. The monoisotopic (exact) mass is 512 g/mol.